The van der Waals surface area contributed by atoms with Crippen LogP contribution in [0.15, 0.2) is 65.6 Å². The lowest BCUT2D eigenvalue weighted by molar-refractivity contribution is 0.0694. The van der Waals surface area contributed by atoms with Crippen LogP contribution in [0.1, 0.15) is 23.3 Å². The van der Waals surface area contributed by atoms with E-state index in [0.29, 0.717) is 23.5 Å². The summed E-state index contributed by atoms with van der Waals surface area (Å²) in [5.74, 6) is -2.35. The molecule has 0 aliphatic carbocycles. The molecular weight excluding hydrogens is 416 g/mol. The minimum atomic E-state index is -1.32. The van der Waals surface area contributed by atoms with Crippen LogP contribution in [-0.2, 0) is 6.54 Å². The van der Waals surface area contributed by atoms with Gasteiger partial charge in [-0.3, -0.25) is 9.48 Å². The molecule has 0 fully saturated rings. The lowest BCUT2D eigenvalue weighted by atomic mass is 9.95. The molecule has 0 amide bonds. The second-order valence-corrected chi connectivity index (χ2v) is 7.71. The Balaban J connectivity index is 1.90. The largest absolute Gasteiger partial charge is 0.477 e. The molecular formula is C24H17F2N3O3. The van der Waals surface area contributed by atoms with Crippen molar-refractivity contribution < 1.29 is 18.7 Å². The zero-order valence-electron chi connectivity index (χ0n) is 16.9. The zero-order valence-corrected chi connectivity index (χ0v) is 16.9. The van der Waals surface area contributed by atoms with E-state index < -0.39 is 23.0 Å². The van der Waals surface area contributed by atoms with Gasteiger partial charge in [-0.2, -0.15) is 5.10 Å². The van der Waals surface area contributed by atoms with Crippen LogP contribution in [0.25, 0.3) is 33.8 Å². The summed E-state index contributed by atoms with van der Waals surface area (Å²) in [6.45, 7) is 2.19. The molecule has 1 aliphatic rings. The molecule has 6 nitrogen and oxygen atoms in total. The van der Waals surface area contributed by atoms with Crippen LogP contribution in [0.4, 0.5) is 8.78 Å². The third-order valence-corrected chi connectivity index (χ3v) is 5.69. The molecule has 5 rings (SSSR count). The highest BCUT2D eigenvalue weighted by atomic mass is 19.1. The zero-order chi connectivity index (χ0) is 22.6. The third-order valence-electron chi connectivity index (χ3n) is 5.69. The van der Waals surface area contributed by atoms with Crippen LogP contribution in [0.5, 0.6) is 0 Å². The number of benzene rings is 2. The first-order chi connectivity index (χ1) is 15.4. The quantitative estimate of drug-likeness (QED) is 0.512. The minimum Gasteiger partial charge on any atom is -0.477 e. The SMILES string of the molecule is C[C@@H]1Cn2nc(-c3ccccc3F)c(-c3ccccc3F)c2-c2cc(=O)c(C(=O)O)cn21. The van der Waals surface area contributed by atoms with Crippen molar-refractivity contribution in [3.63, 3.8) is 0 Å². The monoisotopic (exact) mass is 433 g/mol. The molecule has 2 aromatic carbocycles. The lowest BCUT2D eigenvalue weighted by Gasteiger charge is -2.28. The number of aromatic nitrogens is 3. The summed E-state index contributed by atoms with van der Waals surface area (Å²) in [6, 6.07) is 13.2. The van der Waals surface area contributed by atoms with Crippen molar-refractivity contribution in [2.45, 2.75) is 19.5 Å². The fraction of sp³-hybridized carbons (Fsp3) is 0.125. The molecule has 1 N–H and O–H groups in total. The van der Waals surface area contributed by atoms with Gasteiger partial charge in [-0.05, 0) is 25.1 Å². The molecule has 32 heavy (non-hydrogen) atoms. The first kappa shape index (κ1) is 19.9. The van der Waals surface area contributed by atoms with E-state index in [0.717, 1.165) is 0 Å². The summed E-state index contributed by atoms with van der Waals surface area (Å²) >= 11 is 0. The maximum Gasteiger partial charge on any atom is 0.341 e. The van der Waals surface area contributed by atoms with Gasteiger partial charge < -0.3 is 9.67 Å². The van der Waals surface area contributed by atoms with Gasteiger partial charge >= 0.3 is 5.97 Å². The van der Waals surface area contributed by atoms with E-state index in [4.69, 9.17) is 0 Å². The molecule has 160 valence electrons. The number of nitrogens with zero attached hydrogens (tertiary/aromatic N) is 3. The van der Waals surface area contributed by atoms with Gasteiger partial charge in [-0.15, -0.1) is 0 Å². The average molecular weight is 433 g/mol. The predicted molar refractivity (Wildman–Crippen MR) is 114 cm³/mol. The molecule has 0 radical (unpaired) electrons. The van der Waals surface area contributed by atoms with Crippen LogP contribution in [0.2, 0.25) is 0 Å². The van der Waals surface area contributed by atoms with E-state index in [1.54, 1.807) is 45.6 Å². The van der Waals surface area contributed by atoms with Crippen LogP contribution in [0, 0.1) is 11.6 Å². The molecule has 0 bridgehead atoms. The summed E-state index contributed by atoms with van der Waals surface area (Å²) in [5, 5.41) is 14.0. The number of hydrogen-bond donors (Lipinski definition) is 1. The Bertz CT molecular complexity index is 1460. The highest BCUT2D eigenvalue weighted by Crippen LogP contribution is 2.44. The van der Waals surface area contributed by atoms with Crippen LogP contribution >= 0.6 is 0 Å². The normalized spacial score (nSPS) is 14.7. The van der Waals surface area contributed by atoms with Crippen molar-refractivity contribution in [2.24, 2.45) is 0 Å². The van der Waals surface area contributed by atoms with E-state index in [1.165, 1.54) is 24.4 Å². The highest BCUT2D eigenvalue weighted by Gasteiger charge is 2.31. The van der Waals surface area contributed by atoms with Crippen LogP contribution in [-0.4, -0.2) is 25.4 Å². The summed E-state index contributed by atoms with van der Waals surface area (Å²) in [7, 11) is 0. The molecule has 8 heteroatoms. The van der Waals surface area contributed by atoms with Gasteiger partial charge in [0, 0.05) is 29.0 Å². The Labute approximate surface area is 181 Å². The molecule has 4 aromatic rings. The molecule has 0 spiro atoms. The van der Waals surface area contributed by atoms with Gasteiger partial charge in [-0.25, -0.2) is 13.6 Å². The molecule has 0 saturated heterocycles. The van der Waals surface area contributed by atoms with Gasteiger partial charge in [0.2, 0.25) is 0 Å². The topological polar surface area (TPSA) is 77.1 Å². The number of halogens is 2. The number of carboxylic acids is 1. The van der Waals surface area contributed by atoms with Gasteiger partial charge in [0.05, 0.1) is 24.0 Å². The van der Waals surface area contributed by atoms with E-state index in [-0.39, 0.29) is 28.4 Å². The van der Waals surface area contributed by atoms with Crippen molar-refractivity contribution in [1.29, 1.82) is 0 Å². The van der Waals surface area contributed by atoms with E-state index in [1.807, 2.05) is 6.92 Å². The van der Waals surface area contributed by atoms with Crippen molar-refractivity contribution in [2.75, 3.05) is 0 Å². The van der Waals surface area contributed by atoms with Crippen LogP contribution in [0.3, 0.4) is 0 Å². The van der Waals surface area contributed by atoms with Crippen molar-refractivity contribution in [1.82, 2.24) is 14.3 Å². The second kappa shape index (κ2) is 7.26. The first-order valence-electron chi connectivity index (χ1n) is 9.97. The van der Waals surface area contributed by atoms with Crippen molar-refractivity contribution in [3.05, 3.63) is 88.2 Å². The van der Waals surface area contributed by atoms with Gasteiger partial charge in [0.15, 0.2) is 5.43 Å². The minimum absolute atomic E-state index is 0.205. The number of carbonyl (C=O) groups is 1. The summed E-state index contributed by atoms with van der Waals surface area (Å²) in [4.78, 5) is 24.0. The van der Waals surface area contributed by atoms with Gasteiger partial charge in [0.1, 0.15) is 22.9 Å². The van der Waals surface area contributed by atoms with Gasteiger partial charge in [0.25, 0.3) is 0 Å². The van der Waals surface area contributed by atoms with Crippen molar-refractivity contribution in [3.8, 4) is 33.8 Å². The number of carboxylic acid groups (broad SMARTS) is 1. The Morgan fingerprint density at radius 2 is 1.69 bits per heavy atom. The lowest BCUT2D eigenvalue weighted by Crippen LogP contribution is -2.27. The predicted octanol–water partition coefficient (Wildman–Crippen LogP) is 4.60. The average Bonchev–Trinajstić information content (AvgIpc) is 3.12. The molecule has 0 saturated carbocycles. The summed E-state index contributed by atoms with van der Waals surface area (Å²) in [6.07, 6.45) is 1.30. The number of hydrogen-bond acceptors (Lipinski definition) is 3. The highest BCUT2D eigenvalue weighted by molar-refractivity contribution is 5.92. The second-order valence-electron chi connectivity index (χ2n) is 7.71. The van der Waals surface area contributed by atoms with Crippen LogP contribution < -0.4 is 5.43 Å². The Hall–Kier alpha value is -4.07. The maximum absolute atomic E-state index is 14.9. The third kappa shape index (κ3) is 2.95. The Morgan fingerprint density at radius 1 is 1.06 bits per heavy atom. The number of rotatable bonds is 3. The summed E-state index contributed by atoms with van der Waals surface area (Å²) in [5.41, 5.74) is 0.814. The number of fused-ring (bicyclic) bond motifs is 3. The fourth-order valence-corrected chi connectivity index (χ4v) is 4.22. The molecule has 1 aliphatic heterocycles. The Morgan fingerprint density at radius 3 is 2.31 bits per heavy atom. The van der Waals surface area contributed by atoms with Crippen molar-refractivity contribution >= 4 is 5.97 Å². The fourth-order valence-electron chi connectivity index (χ4n) is 4.22. The van der Waals surface area contributed by atoms with E-state index in [9.17, 15) is 23.5 Å². The molecule has 3 heterocycles. The number of pyridine rings is 1. The van der Waals surface area contributed by atoms with Gasteiger partial charge in [-0.1, -0.05) is 30.3 Å². The standard InChI is InChI=1S/C24H17F2N3O3/c1-13-11-29-23(19-10-20(30)16(24(31)32)12-28(13)19)21(14-6-2-4-8-17(14)25)22(27-29)15-7-3-5-9-18(15)26/h2-10,12-13H,11H2,1H3,(H,31,32)/t13-/m1/s1. The smallest absolute Gasteiger partial charge is 0.341 e. The maximum atomic E-state index is 14.9. The van der Waals surface area contributed by atoms with E-state index in [2.05, 4.69) is 5.10 Å². The Kier molecular flexibility index (Phi) is 4.51. The molecule has 2 aromatic heterocycles. The number of aromatic carboxylic acids is 1. The van der Waals surface area contributed by atoms with E-state index >= 15 is 0 Å². The molecule has 1 atom stereocenters. The molecule has 0 unspecified atom stereocenters. The summed E-state index contributed by atoms with van der Waals surface area (Å²) < 4.78 is 33.0. The first-order valence-corrected chi connectivity index (χ1v) is 9.97.